The van der Waals surface area contributed by atoms with Gasteiger partial charge in [-0.3, -0.25) is 0 Å². The molecule has 1 saturated heterocycles. The Hall–Kier alpha value is -1.60. The number of hydrogen-bond acceptors (Lipinski definition) is 1. The van der Waals surface area contributed by atoms with Gasteiger partial charge >= 0.3 is 0 Å². The molecule has 0 amide bonds. The predicted molar refractivity (Wildman–Crippen MR) is 103 cm³/mol. The Labute approximate surface area is 143 Å². The van der Waals surface area contributed by atoms with Crippen LogP contribution in [0.25, 0.3) is 0 Å². The number of piperidine rings is 1. The van der Waals surface area contributed by atoms with Crippen LogP contribution in [0.1, 0.15) is 56.2 Å². The molecule has 1 aliphatic rings. The van der Waals surface area contributed by atoms with Crippen molar-refractivity contribution < 1.29 is 0 Å². The van der Waals surface area contributed by atoms with E-state index in [1.807, 2.05) is 13.8 Å². The van der Waals surface area contributed by atoms with Gasteiger partial charge in [-0.05, 0) is 56.3 Å². The summed E-state index contributed by atoms with van der Waals surface area (Å²) in [6.45, 7) is 10.6. The summed E-state index contributed by atoms with van der Waals surface area (Å²) in [7, 11) is 0. The van der Waals surface area contributed by atoms with Crippen molar-refractivity contribution in [1.29, 1.82) is 0 Å². The molecular formula is C22H33N. The largest absolute Gasteiger partial charge is 0.317 e. The molecule has 1 N–H and O–H groups in total. The van der Waals surface area contributed by atoms with E-state index in [0.717, 1.165) is 12.3 Å². The van der Waals surface area contributed by atoms with Crippen molar-refractivity contribution in [3.8, 4) is 0 Å². The summed E-state index contributed by atoms with van der Waals surface area (Å²) in [5, 5.41) is 3.38. The summed E-state index contributed by atoms with van der Waals surface area (Å²) in [5.74, 6) is 0.799. The highest BCUT2D eigenvalue weighted by molar-refractivity contribution is 5.21. The van der Waals surface area contributed by atoms with E-state index >= 15 is 0 Å². The lowest BCUT2D eigenvalue weighted by molar-refractivity contribution is 0.460. The molecule has 1 fully saturated rings. The Morgan fingerprint density at radius 1 is 0.870 bits per heavy atom. The number of nitrogens with one attached hydrogen (secondary N) is 1. The fraction of sp³-hybridized carbons (Fsp3) is 0.455. The molecule has 3 rings (SSSR count). The van der Waals surface area contributed by atoms with E-state index in [1.165, 1.54) is 42.6 Å². The van der Waals surface area contributed by atoms with E-state index in [0.29, 0.717) is 0 Å². The van der Waals surface area contributed by atoms with Gasteiger partial charge < -0.3 is 5.32 Å². The Balaban J connectivity index is 0.000000215. The maximum absolute atomic E-state index is 3.38. The second-order valence-electron chi connectivity index (χ2n) is 5.77. The maximum Gasteiger partial charge on any atom is -0.00431 e. The van der Waals surface area contributed by atoms with Gasteiger partial charge in [0.05, 0.1) is 0 Å². The molecule has 0 atom stereocenters. The molecule has 0 unspecified atom stereocenters. The van der Waals surface area contributed by atoms with E-state index in [9.17, 15) is 0 Å². The number of hydrogen-bond donors (Lipinski definition) is 1. The van der Waals surface area contributed by atoms with Crippen molar-refractivity contribution in [3.63, 3.8) is 0 Å². The molecular weight excluding hydrogens is 278 g/mol. The van der Waals surface area contributed by atoms with Gasteiger partial charge in [-0.25, -0.2) is 0 Å². The molecule has 23 heavy (non-hydrogen) atoms. The quantitative estimate of drug-likeness (QED) is 0.746. The second-order valence-corrected chi connectivity index (χ2v) is 5.77. The molecule has 1 heterocycles. The minimum Gasteiger partial charge on any atom is -0.317 e. The molecule has 0 spiro atoms. The highest BCUT2D eigenvalue weighted by Crippen LogP contribution is 2.24. The van der Waals surface area contributed by atoms with Gasteiger partial charge in [0.25, 0.3) is 0 Å². The highest BCUT2D eigenvalue weighted by atomic mass is 14.9. The van der Waals surface area contributed by atoms with Crippen LogP contribution in [0, 0.1) is 6.92 Å². The first-order chi connectivity index (χ1) is 11.3. The number of aryl methyl sites for hydroxylation is 2. The van der Waals surface area contributed by atoms with E-state index in [2.05, 4.69) is 73.8 Å². The van der Waals surface area contributed by atoms with Gasteiger partial charge in [0.2, 0.25) is 0 Å². The van der Waals surface area contributed by atoms with Crippen molar-refractivity contribution in [3.05, 3.63) is 71.3 Å². The van der Waals surface area contributed by atoms with Crippen molar-refractivity contribution in [2.75, 3.05) is 13.1 Å². The molecule has 1 nitrogen and oxygen atoms in total. The summed E-state index contributed by atoms with van der Waals surface area (Å²) in [5.41, 5.74) is 4.27. The van der Waals surface area contributed by atoms with Crippen LogP contribution in [0.5, 0.6) is 0 Å². The third kappa shape index (κ3) is 7.47. The molecule has 0 radical (unpaired) electrons. The Morgan fingerprint density at radius 2 is 1.43 bits per heavy atom. The Bertz CT molecular complexity index is 495. The fourth-order valence-electron chi connectivity index (χ4n) is 2.70. The zero-order valence-corrected chi connectivity index (χ0v) is 15.3. The highest BCUT2D eigenvalue weighted by Gasteiger charge is 2.13. The average Bonchev–Trinajstić information content (AvgIpc) is 2.66. The summed E-state index contributed by atoms with van der Waals surface area (Å²) in [6.07, 6.45) is 3.73. The molecule has 126 valence electrons. The van der Waals surface area contributed by atoms with Gasteiger partial charge in [-0.15, -0.1) is 0 Å². The van der Waals surface area contributed by atoms with E-state index in [-0.39, 0.29) is 0 Å². The lowest BCUT2D eigenvalue weighted by Gasteiger charge is -2.22. The summed E-state index contributed by atoms with van der Waals surface area (Å²) in [4.78, 5) is 0. The summed E-state index contributed by atoms with van der Waals surface area (Å²) >= 11 is 0. The zero-order valence-electron chi connectivity index (χ0n) is 15.3. The monoisotopic (exact) mass is 311 g/mol. The van der Waals surface area contributed by atoms with E-state index < -0.39 is 0 Å². The topological polar surface area (TPSA) is 12.0 Å². The molecule has 0 saturated carbocycles. The van der Waals surface area contributed by atoms with Crippen LogP contribution in [-0.2, 0) is 6.42 Å². The molecule has 1 aliphatic heterocycles. The molecule has 0 aliphatic carbocycles. The third-order valence-electron chi connectivity index (χ3n) is 4.14. The molecule has 2 aromatic rings. The minimum atomic E-state index is 0.799. The lowest BCUT2D eigenvalue weighted by Crippen LogP contribution is -2.26. The van der Waals surface area contributed by atoms with Crippen molar-refractivity contribution >= 4 is 0 Å². The summed E-state index contributed by atoms with van der Waals surface area (Å²) < 4.78 is 0. The number of benzene rings is 2. The SMILES string of the molecule is CC.CCc1ccc(C)cc1.c1ccc(C2CCNCC2)cc1. The van der Waals surface area contributed by atoms with Gasteiger partial charge in [0, 0.05) is 0 Å². The normalized spacial score (nSPS) is 14.1. The first kappa shape index (κ1) is 19.4. The van der Waals surface area contributed by atoms with Crippen LogP contribution in [-0.4, -0.2) is 13.1 Å². The lowest BCUT2D eigenvalue weighted by atomic mass is 9.90. The molecule has 0 aromatic heterocycles. The smallest absolute Gasteiger partial charge is 0.00431 e. The van der Waals surface area contributed by atoms with Crippen LogP contribution in [0.3, 0.4) is 0 Å². The van der Waals surface area contributed by atoms with Gasteiger partial charge in [-0.1, -0.05) is 80.9 Å². The van der Waals surface area contributed by atoms with Crippen LogP contribution >= 0.6 is 0 Å². The first-order valence-electron chi connectivity index (χ1n) is 9.10. The average molecular weight is 312 g/mol. The van der Waals surface area contributed by atoms with Crippen LogP contribution in [0.15, 0.2) is 54.6 Å². The van der Waals surface area contributed by atoms with Crippen molar-refractivity contribution in [2.45, 2.75) is 52.9 Å². The number of rotatable bonds is 2. The van der Waals surface area contributed by atoms with Crippen molar-refractivity contribution in [2.24, 2.45) is 0 Å². The first-order valence-corrected chi connectivity index (χ1v) is 9.10. The maximum atomic E-state index is 3.38. The van der Waals surface area contributed by atoms with Crippen LogP contribution < -0.4 is 5.32 Å². The molecule has 1 heteroatoms. The van der Waals surface area contributed by atoms with E-state index in [4.69, 9.17) is 0 Å². The van der Waals surface area contributed by atoms with Crippen LogP contribution in [0.4, 0.5) is 0 Å². The molecule has 0 bridgehead atoms. The van der Waals surface area contributed by atoms with Gasteiger partial charge in [0.15, 0.2) is 0 Å². The zero-order chi connectivity index (χ0) is 16.9. The summed E-state index contributed by atoms with van der Waals surface area (Å²) in [6, 6.07) is 19.5. The Morgan fingerprint density at radius 3 is 1.96 bits per heavy atom. The third-order valence-corrected chi connectivity index (χ3v) is 4.14. The Kier molecular flexibility index (Phi) is 10.1. The second kappa shape index (κ2) is 11.9. The standard InChI is InChI=1S/C11H15N.C9H12.C2H6/c1-2-4-10(5-3-1)11-6-8-12-9-7-11;1-3-9-6-4-8(2)5-7-9;1-2/h1-5,11-12H,6-9H2;4-7H,3H2,1-2H3;1-2H3. The predicted octanol–water partition coefficient (Wildman–Crippen LogP) is 5.74. The fourth-order valence-corrected chi connectivity index (χ4v) is 2.70. The minimum absolute atomic E-state index is 0.799. The van der Waals surface area contributed by atoms with Crippen molar-refractivity contribution in [1.82, 2.24) is 5.32 Å². The van der Waals surface area contributed by atoms with Gasteiger partial charge in [0.1, 0.15) is 0 Å². The van der Waals surface area contributed by atoms with Gasteiger partial charge in [-0.2, -0.15) is 0 Å². The van der Waals surface area contributed by atoms with E-state index in [1.54, 1.807) is 0 Å². The molecule has 2 aromatic carbocycles. The van der Waals surface area contributed by atoms with Crippen LogP contribution in [0.2, 0.25) is 0 Å².